The molecule has 7 nitrogen and oxygen atoms in total. The predicted molar refractivity (Wildman–Crippen MR) is 61.1 cm³/mol. The third kappa shape index (κ3) is 1.79. The first-order valence-electron chi connectivity index (χ1n) is 5.86. The summed E-state index contributed by atoms with van der Waals surface area (Å²) >= 11 is 0. The summed E-state index contributed by atoms with van der Waals surface area (Å²) in [7, 11) is 0. The van der Waals surface area contributed by atoms with E-state index in [0.29, 0.717) is 17.2 Å². The number of halogens is 1. The van der Waals surface area contributed by atoms with Crippen molar-refractivity contribution in [3.8, 4) is 11.5 Å². The zero-order chi connectivity index (χ0) is 13.6. The van der Waals surface area contributed by atoms with Crippen LogP contribution in [0.25, 0.3) is 11.5 Å². The van der Waals surface area contributed by atoms with Crippen molar-refractivity contribution < 1.29 is 19.3 Å². The molecular formula is C11H13FN4O3. The molecule has 19 heavy (non-hydrogen) atoms. The topological polar surface area (TPSA) is 93.3 Å². The minimum Gasteiger partial charge on any atom is -0.394 e. The van der Waals surface area contributed by atoms with Gasteiger partial charge in [-0.2, -0.15) is 0 Å². The third-order valence-electron chi connectivity index (χ3n) is 3.36. The molecule has 0 unspecified atom stereocenters. The summed E-state index contributed by atoms with van der Waals surface area (Å²) in [5.41, 5.74) is 1.20. The first-order valence-corrected chi connectivity index (χ1v) is 5.86. The number of nitrogens with zero attached hydrogens (tertiary/aromatic N) is 4. The van der Waals surface area contributed by atoms with E-state index in [1.54, 1.807) is 6.92 Å². The quantitative estimate of drug-likeness (QED) is 0.775. The first-order chi connectivity index (χ1) is 9.13. The van der Waals surface area contributed by atoms with E-state index in [0.717, 1.165) is 0 Å². The van der Waals surface area contributed by atoms with E-state index < -0.39 is 31.2 Å². The van der Waals surface area contributed by atoms with Crippen molar-refractivity contribution >= 4 is 0 Å². The fourth-order valence-electron chi connectivity index (χ4n) is 2.27. The second-order valence-corrected chi connectivity index (χ2v) is 4.47. The summed E-state index contributed by atoms with van der Waals surface area (Å²) in [5, 5.41) is 18.7. The van der Waals surface area contributed by atoms with Crippen molar-refractivity contribution in [1.82, 2.24) is 19.5 Å². The van der Waals surface area contributed by atoms with Gasteiger partial charge in [0.05, 0.1) is 12.9 Å². The van der Waals surface area contributed by atoms with E-state index in [-0.39, 0.29) is 0 Å². The van der Waals surface area contributed by atoms with Crippen molar-refractivity contribution in [2.24, 2.45) is 0 Å². The summed E-state index contributed by atoms with van der Waals surface area (Å²) in [4.78, 5) is 12.1. The van der Waals surface area contributed by atoms with Gasteiger partial charge in [-0.15, -0.1) is 0 Å². The summed E-state index contributed by atoms with van der Waals surface area (Å²) in [6.07, 6.45) is -2.18. The Balaban J connectivity index is 2.01. The maximum atomic E-state index is 14.0. The van der Waals surface area contributed by atoms with E-state index in [4.69, 9.17) is 9.84 Å². The molecule has 0 spiro atoms. The van der Waals surface area contributed by atoms with Crippen LogP contribution in [0.4, 0.5) is 4.39 Å². The average Bonchev–Trinajstić information content (AvgIpc) is 2.98. The van der Waals surface area contributed by atoms with Crippen LogP contribution in [0.2, 0.25) is 0 Å². The fourth-order valence-corrected chi connectivity index (χ4v) is 2.27. The lowest BCUT2D eigenvalue weighted by molar-refractivity contribution is -0.0485. The van der Waals surface area contributed by atoms with Crippen molar-refractivity contribution in [3.63, 3.8) is 0 Å². The van der Waals surface area contributed by atoms with Crippen molar-refractivity contribution in [1.29, 1.82) is 0 Å². The number of alkyl halides is 1. The Morgan fingerprint density at radius 2 is 2.21 bits per heavy atom. The number of rotatable bonds is 2. The van der Waals surface area contributed by atoms with Gasteiger partial charge in [-0.1, -0.05) is 0 Å². The van der Waals surface area contributed by atoms with Gasteiger partial charge in [0.15, 0.2) is 18.2 Å². The van der Waals surface area contributed by atoms with Gasteiger partial charge in [0.25, 0.3) is 0 Å². The molecule has 102 valence electrons. The Hall–Kier alpha value is -1.64. The number of fused-ring (bicyclic) bond motifs is 1. The second-order valence-electron chi connectivity index (χ2n) is 4.47. The Morgan fingerprint density at radius 1 is 1.42 bits per heavy atom. The zero-order valence-corrected chi connectivity index (χ0v) is 10.1. The maximum absolute atomic E-state index is 14.0. The molecule has 3 aliphatic heterocycles. The van der Waals surface area contributed by atoms with Crippen LogP contribution in [0.3, 0.4) is 0 Å². The molecule has 0 saturated carbocycles. The Morgan fingerprint density at radius 3 is 2.89 bits per heavy atom. The van der Waals surface area contributed by atoms with Gasteiger partial charge >= 0.3 is 0 Å². The lowest BCUT2D eigenvalue weighted by atomic mass is 10.1. The molecule has 0 aromatic rings. The molecule has 8 heteroatoms. The molecule has 0 aromatic carbocycles. The highest BCUT2D eigenvalue weighted by Gasteiger charge is 2.45. The molecule has 0 aromatic heterocycles. The predicted octanol–water partition coefficient (Wildman–Crippen LogP) is -0.325. The zero-order valence-electron chi connectivity index (χ0n) is 10.1. The van der Waals surface area contributed by atoms with Crippen LogP contribution >= 0.6 is 0 Å². The molecule has 0 amide bonds. The lowest BCUT2D eigenvalue weighted by Gasteiger charge is -2.20. The SMILES string of the molecule is Cc1c2ncnc-2ncn1[C@@H]1O[C@H](CO)[C@@H](O)[C@@H]1F. The van der Waals surface area contributed by atoms with Gasteiger partial charge in [-0.25, -0.2) is 19.3 Å². The van der Waals surface area contributed by atoms with E-state index in [2.05, 4.69) is 15.0 Å². The monoisotopic (exact) mass is 268 g/mol. The molecule has 0 aliphatic carbocycles. The smallest absolute Gasteiger partial charge is 0.182 e. The first kappa shape index (κ1) is 12.4. The highest BCUT2D eigenvalue weighted by atomic mass is 19.1. The van der Waals surface area contributed by atoms with Crippen LogP contribution in [-0.4, -0.2) is 54.7 Å². The molecule has 1 saturated heterocycles. The number of aliphatic hydroxyl groups excluding tert-OH is 2. The van der Waals surface area contributed by atoms with E-state index in [1.807, 2.05) is 0 Å². The molecule has 4 atom stereocenters. The van der Waals surface area contributed by atoms with Crippen LogP contribution in [0.15, 0.2) is 12.7 Å². The van der Waals surface area contributed by atoms with Gasteiger partial charge < -0.3 is 19.5 Å². The number of imidazole rings is 1. The van der Waals surface area contributed by atoms with Crippen LogP contribution in [0, 0.1) is 6.92 Å². The molecule has 3 aliphatic rings. The number of ether oxygens (including phenoxy) is 1. The van der Waals surface area contributed by atoms with E-state index in [9.17, 15) is 9.50 Å². The van der Waals surface area contributed by atoms with Crippen LogP contribution in [-0.2, 0) is 4.74 Å². The number of aliphatic hydroxyl groups is 2. The standard InChI is InChI=1S/C11H13FN4O3/c1-5-8-10(14-3-13-8)15-4-16(5)11-7(12)9(18)6(2-17)19-11/h3-4,6-7,9,11,17-18H,2H2,1H3/t6-,7+,9-,11-/m1/s1. The molecule has 1 fully saturated rings. The van der Waals surface area contributed by atoms with Gasteiger partial charge in [0.1, 0.15) is 24.2 Å². The largest absolute Gasteiger partial charge is 0.394 e. The number of hydrogen-bond donors (Lipinski definition) is 2. The Kier molecular flexibility index (Phi) is 2.92. The molecule has 2 N–H and O–H groups in total. The average molecular weight is 268 g/mol. The van der Waals surface area contributed by atoms with Crippen LogP contribution in [0.5, 0.6) is 0 Å². The summed E-state index contributed by atoms with van der Waals surface area (Å²) < 4.78 is 20.8. The van der Waals surface area contributed by atoms with Crippen LogP contribution < -0.4 is 0 Å². The number of aromatic nitrogens is 4. The Labute approximate surface area is 108 Å². The highest BCUT2D eigenvalue weighted by molar-refractivity contribution is 5.52. The van der Waals surface area contributed by atoms with Gasteiger partial charge in [-0.3, -0.25) is 0 Å². The summed E-state index contributed by atoms with van der Waals surface area (Å²) in [6.45, 7) is 1.30. The van der Waals surface area contributed by atoms with Gasteiger partial charge in [-0.05, 0) is 6.92 Å². The normalized spacial score (nSPS) is 31.2. The van der Waals surface area contributed by atoms with Gasteiger partial charge in [0.2, 0.25) is 0 Å². The van der Waals surface area contributed by atoms with Crippen molar-refractivity contribution in [3.05, 3.63) is 18.3 Å². The van der Waals surface area contributed by atoms with E-state index in [1.165, 1.54) is 17.2 Å². The minimum atomic E-state index is -1.64. The minimum absolute atomic E-state index is 0.441. The summed E-state index contributed by atoms with van der Waals surface area (Å²) in [6, 6.07) is 0. The second kappa shape index (κ2) is 4.48. The molecule has 3 heterocycles. The molecule has 3 rings (SSSR count). The highest BCUT2D eigenvalue weighted by Crippen LogP contribution is 2.33. The Bertz CT molecular complexity index is 563. The summed E-state index contributed by atoms with van der Waals surface area (Å²) in [5.74, 6) is 0.474. The van der Waals surface area contributed by atoms with Gasteiger partial charge in [0, 0.05) is 5.69 Å². The van der Waals surface area contributed by atoms with E-state index >= 15 is 0 Å². The third-order valence-corrected chi connectivity index (χ3v) is 3.36. The fraction of sp³-hybridized carbons (Fsp3) is 0.545. The lowest BCUT2D eigenvalue weighted by Crippen LogP contribution is -2.30. The maximum Gasteiger partial charge on any atom is 0.182 e. The number of hydrogen-bond acceptors (Lipinski definition) is 6. The molecular weight excluding hydrogens is 255 g/mol. The molecule has 0 bridgehead atoms. The van der Waals surface area contributed by atoms with Crippen molar-refractivity contribution in [2.75, 3.05) is 6.61 Å². The van der Waals surface area contributed by atoms with Crippen LogP contribution in [0.1, 0.15) is 11.9 Å². The van der Waals surface area contributed by atoms with Crippen molar-refractivity contribution in [2.45, 2.75) is 31.5 Å². The molecule has 0 radical (unpaired) electrons.